The summed E-state index contributed by atoms with van der Waals surface area (Å²) in [6, 6.07) is 23.6. The Morgan fingerprint density at radius 2 is 1.52 bits per heavy atom. The highest BCUT2D eigenvalue weighted by molar-refractivity contribution is 6.35. The first-order valence-electron chi connectivity index (χ1n) is 10.0. The van der Waals surface area contributed by atoms with E-state index >= 15 is 0 Å². The Labute approximate surface area is 192 Å². The normalized spacial score (nSPS) is 11.6. The molecule has 0 aliphatic rings. The van der Waals surface area contributed by atoms with Crippen LogP contribution in [-0.4, -0.2) is 29.8 Å². The number of hydrogen-bond acceptors (Lipinski definition) is 2. The van der Waals surface area contributed by atoms with Gasteiger partial charge in [0.15, 0.2) is 0 Å². The standard InChI is InChI=1S/C25H24Cl2N2O2/c1-28-25(31)23(14-18-8-4-2-5-9-18)29(17-20-12-13-21(26)16-22(20)27)24(30)15-19-10-6-3-7-11-19/h2-13,16,23H,14-15,17H2,1H3,(H,28,31)/t23-/m1/s1. The molecule has 0 aliphatic heterocycles. The largest absolute Gasteiger partial charge is 0.357 e. The van der Waals surface area contributed by atoms with Crippen molar-refractivity contribution in [1.82, 2.24) is 10.2 Å². The van der Waals surface area contributed by atoms with Crippen LogP contribution in [0.5, 0.6) is 0 Å². The van der Waals surface area contributed by atoms with Gasteiger partial charge < -0.3 is 10.2 Å². The first-order valence-corrected chi connectivity index (χ1v) is 10.8. The third-order valence-corrected chi connectivity index (χ3v) is 5.66. The van der Waals surface area contributed by atoms with Crippen molar-refractivity contribution in [2.75, 3.05) is 7.05 Å². The van der Waals surface area contributed by atoms with Gasteiger partial charge >= 0.3 is 0 Å². The summed E-state index contributed by atoms with van der Waals surface area (Å²) in [4.78, 5) is 27.9. The zero-order chi connectivity index (χ0) is 22.2. The molecule has 0 saturated heterocycles. The van der Waals surface area contributed by atoms with E-state index < -0.39 is 6.04 Å². The molecule has 0 spiro atoms. The maximum atomic E-state index is 13.4. The smallest absolute Gasteiger partial charge is 0.242 e. The fourth-order valence-electron chi connectivity index (χ4n) is 3.43. The predicted molar refractivity (Wildman–Crippen MR) is 125 cm³/mol. The van der Waals surface area contributed by atoms with Gasteiger partial charge in [-0.1, -0.05) is 89.9 Å². The number of rotatable bonds is 8. The lowest BCUT2D eigenvalue weighted by atomic mass is 10.0. The lowest BCUT2D eigenvalue weighted by Crippen LogP contribution is -2.50. The molecule has 3 aromatic carbocycles. The van der Waals surface area contributed by atoms with E-state index in [9.17, 15) is 9.59 Å². The van der Waals surface area contributed by atoms with Crippen LogP contribution in [0.25, 0.3) is 0 Å². The lowest BCUT2D eigenvalue weighted by molar-refractivity contribution is -0.140. The highest BCUT2D eigenvalue weighted by Gasteiger charge is 2.30. The lowest BCUT2D eigenvalue weighted by Gasteiger charge is -2.31. The van der Waals surface area contributed by atoms with Gasteiger partial charge in [-0.2, -0.15) is 0 Å². The molecular weight excluding hydrogens is 431 g/mol. The second-order valence-corrected chi connectivity index (χ2v) is 8.08. The Hall–Kier alpha value is -2.82. The van der Waals surface area contributed by atoms with Gasteiger partial charge in [0.1, 0.15) is 6.04 Å². The van der Waals surface area contributed by atoms with Crippen molar-refractivity contribution in [2.24, 2.45) is 0 Å². The number of carbonyl (C=O) groups is 2. The third-order valence-electron chi connectivity index (χ3n) is 5.07. The monoisotopic (exact) mass is 454 g/mol. The summed E-state index contributed by atoms with van der Waals surface area (Å²) in [6.45, 7) is 0.201. The van der Waals surface area contributed by atoms with Crippen molar-refractivity contribution < 1.29 is 9.59 Å². The van der Waals surface area contributed by atoms with Crippen molar-refractivity contribution in [2.45, 2.75) is 25.4 Å². The van der Waals surface area contributed by atoms with Crippen LogP contribution >= 0.6 is 23.2 Å². The minimum Gasteiger partial charge on any atom is -0.357 e. The van der Waals surface area contributed by atoms with Gasteiger partial charge in [-0.15, -0.1) is 0 Å². The van der Waals surface area contributed by atoms with Gasteiger partial charge in [-0.05, 0) is 28.8 Å². The number of benzene rings is 3. The molecule has 6 heteroatoms. The van der Waals surface area contributed by atoms with Gasteiger partial charge in [-0.25, -0.2) is 0 Å². The summed E-state index contributed by atoms with van der Waals surface area (Å²) in [6.07, 6.45) is 0.584. The van der Waals surface area contributed by atoms with E-state index in [0.29, 0.717) is 16.5 Å². The topological polar surface area (TPSA) is 49.4 Å². The number of nitrogens with one attached hydrogen (secondary N) is 1. The molecule has 31 heavy (non-hydrogen) atoms. The van der Waals surface area contributed by atoms with Gasteiger partial charge in [0.25, 0.3) is 0 Å². The molecule has 1 N–H and O–H groups in total. The molecule has 0 aromatic heterocycles. The van der Waals surface area contributed by atoms with Crippen molar-refractivity contribution in [3.63, 3.8) is 0 Å². The van der Waals surface area contributed by atoms with Crippen LogP contribution in [0.4, 0.5) is 0 Å². The highest BCUT2D eigenvalue weighted by Crippen LogP contribution is 2.24. The minimum absolute atomic E-state index is 0.151. The molecule has 4 nitrogen and oxygen atoms in total. The van der Waals surface area contributed by atoms with E-state index in [0.717, 1.165) is 16.7 Å². The SMILES string of the molecule is CNC(=O)[C@@H](Cc1ccccc1)N(Cc1ccc(Cl)cc1Cl)C(=O)Cc1ccccc1. The summed E-state index contributed by atoms with van der Waals surface area (Å²) in [5, 5.41) is 3.68. The molecule has 3 aromatic rings. The summed E-state index contributed by atoms with van der Waals surface area (Å²) >= 11 is 12.4. The van der Waals surface area contributed by atoms with Crippen LogP contribution in [0, 0.1) is 0 Å². The van der Waals surface area contributed by atoms with Crippen LogP contribution in [0.3, 0.4) is 0 Å². The number of hydrogen-bond donors (Lipinski definition) is 1. The molecule has 0 unspecified atom stereocenters. The van der Waals surface area contributed by atoms with E-state index in [4.69, 9.17) is 23.2 Å². The second kappa shape index (κ2) is 11.0. The maximum absolute atomic E-state index is 13.4. The van der Waals surface area contributed by atoms with E-state index in [1.54, 1.807) is 30.1 Å². The van der Waals surface area contributed by atoms with Crippen LogP contribution < -0.4 is 5.32 Å². The Bertz CT molecular complexity index is 1030. The summed E-state index contributed by atoms with van der Waals surface area (Å²) < 4.78 is 0. The van der Waals surface area contributed by atoms with E-state index in [-0.39, 0.29) is 24.8 Å². The average molecular weight is 455 g/mol. The van der Waals surface area contributed by atoms with Crippen LogP contribution in [0.15, 0.2) is 78.9 Å². The quantitative estimate of drug-likeness (QED) is 0.524. The fourth-order valence-corrected chi connectivity index (χ4v) is 3.89. The Kier molecular flexibility index (Phi) is 8.10. The molecule has 0 saturated carbocycles. The third kappa shape index (κ3) is 6.33. The fraction of sp³-hybridized carbons (Fsp3) is 0.200. The van der Waals surface area contributed by atoms with E-state index in [1.807, 2.05) is 60.7 Å². The van der Waals surface area contributed by atoms with Gasteiger partial charge in [0.05, 0.1) is 6.42 Å². The van der Waals surface area contributed by atoms with E-state index in [2.05, 4.69) is 5.32 Å². The zero-order valence-electron chi connectivity index (χ0n) is 17.2. The minimum atomic E-state index is -0.685. The van der Waals surface area contributed by atoms with Gasteiger partial charge in [-0.3, -0.25) is 9.59 Å². The predicted octanol–water partition coefficient (Wildman–Crippen LogP) is 4.92. The molecule has 0 heterocycles. The number of carbonyl (C=O) groups excluding carboxylic acids is 2. The molecular formula is C25H24Cl2N2O2. The summed E-state index contributed by atoms with van der Waals surface area (Å²) in [5.41, 5.74) is 2.58. The Morgan fingerprint density at radius 3 is 2.10 bits per heavy atom. The second-order valence-electron chi connectivity index (χ2n) is 7.24. The van der Waals surface area contributed by atoms with Crippen molar-refractivity contribution >= 4 is 35.0 Å². The number of nitrogens with zero attached hydrogens (tertiary/aromatic N) is 1. The van der Waals surface area contributed by atoms with Gasteiger partial charge in [0, 0.05) is 30.1 Å². The maximum Gasteiger partial charge on any atom is 0.242 e. The van der Waals surface area contributed by atoms with Crippen molar-refractivity contribution in [3.8, 4) is 0 Å². The molecule has 0 fully saturated rings. The van der Waals surface area contributed by atoms with Crippen molar-refractivity contribution in [1.29, 1.82) is 0 Å². The molecule has 2 amide bonds. The highest BCUT2D eigenvalue weighted by atomic mass is 35.5. The first-order chi connectivity index (χ1) is 15.0. The molecule has 0 aliphatic carbocycles. The Morgan fingerprint density at radius 1 is 0.903 bits per heavy atom. The molecule has 3 rings (SSSR count). The molecule has 0 radical (unpaired) electrons. The van der Waals surface area contributed by atoms with Gasteiger partial charge in [0.2, 0.25) is 11.8 Å². The molecule has 1 atom stereocenters. The average Bonchev–Trinajstić information content (AvgIpc) is 2.78. The van der Waals surface area contributed by atoms with Crippen LogP contribution in [0.1, 0.15) is 16.7 Å². The summed E-state index contributed by atoms with van der Waals surface area (Å²) in [5.74, 6) is -0.378. The Balaban J connectivity index is 1.96. The number of halogens is 2. The molecule has 160 valence electrons. The van der Waals surface area contributed by atoms with Crippen LogP contribution in [0.2, 0.25) is 10.0 Å². The number of likely N-dealkylation sites (N-methyl/N-ethyl adjacent to an activating group) is 1. The zero-order valence-corrected chi connectivity index (χ0v) is 18.7. The van der Waals surface area contributed by atoms with E-state index in [1.165, 1.54) is 0 Å². The first kappa shape index (κ1) is 22.9. The van der Waals surface area contributed by atoms with Crippen molar-refractivity contribution in [3.05, 3.63) is 106 Å². The van der Waals surface area contributed by atoms with Crippen LogP contribution in [-0.2, 0) is 29.0 Å². The number of amides is 2. The molecule has 0 bridgehead atoms. The summed E-state index contributed by atoms with van der Waals surface area (Å²) in [7, 11) is 1.58.